The zero-order chi connectivity index (χ0) is 19.6. The number of nitrogens with zero attached hydrogens (tertiary/aromatic N) is 3. The number of unbranched alkanes of at least 4 members (excludes halogenated alkanes) is 1. The van der Waals surface area contributed by atoms with E-state index in [0.717, 1.165) is 12.8 Å². The van der Waals surface area contributed by atoms with E-state index in [-0.39, 0.29) is 40.9 Å². The molecule has 1 aromatic heterocycles. The van der Waals surface area contributed by atoms with Gasteiger partial charge in [-0.3, -0.25) is 14.2 Å². The summed E-state index contributed by atoms with van der Waals surface area (Å²) in [5.74, 6) is -0.754. The molecule has 0 spiro atoms. The van der Waals surface area contributed by atoms with Gasteiger partial charge in [-0.2, -0.15) is 0 Å². The van der Waals surface area contributed by atoms with Crippen molar-refractivity contribution in [3.05, 3.63) is 40.7 Å². The first-order chi connectivity index (χ1) is 12.8. The molecular weight excluding hydrogens is 373 g/mol. The van der Waals surface area contributed by atoms with E-state index >= 15 is 0 Å². The summed E-state index contributed by atoms with van der Waals surface area (Å²) in [6.07, 6.45) is 3.27. The van der Waals surface area contributed by atoms with Gasteiger partial charge in [0.2, 0.25) is 5.91 Å². The van der Waals surface area contributed by atoms with Gasteiger partial charge in [0.25, 0.3) is 5.56 Å². The molecule has 27 heavy (non-hydrogen) atoms. The lowest BCUT2D eigenvalue weighted by Gasteiger charge is -2.28. The van der Waals surface area contributed by atoms with Crippen LogP contribution in [0.5, 0.6) is 0 Å². The summed E-state index contributed by atoms with van der Waals surface area (Å²) in [6.45, 7) is 2.22. The minimum absolute atomic E-state index is 0.0351. The highest BCUT2D eigenvalue weighted by molar-refractivity contribution is 7.91. The second-order valence-corrected chi connectivity index (χ2v) is 9.07. The van der Waals surface area contributed by atoms with Gasteiger partial charge in [0.15, 0.2) is 9.84 Å². The smallest absolute Gasteiger partial charge is 0.261 e. The van der Waals surface area contributed by atoms with Crippen molar-refractivity contribution in [1.29, 1.82) is 0 Å². The van der Waals surface area contributed by atoms with E-state index in [2.05, 4.69) is 4.98 Å². The Labute approximate surface area is 156 Å². The first kappa shape index (κ1) is 19.5. The fraction of sp³-hybridized carbons (Fsp3) is 0.500. The van der Waals surface area contributed by atoms with Crippen LogP contribution in [0.3, 0.4) is 0 Å². The van der Waals surface area contributed by atoms with Gasteiger partial charge in [-0.25, -0.2) is 17.8 Å². The van der Waals surface area contributed by atoms with Crippen LogP contribution in [0.4, 0.5) is 4.39 Å². The second kappa shape index (κ2) is 7.75. The second-order valence-electron chi connectivity index (χ2n) is 6.84. The minimum Gasteiger partial charge on any atom is -0.337 e. The van der Waals surface area contributed by atoms with Crippen molar-refractivity contribution in [3.63, 3.8) is 0 Å². The Morgan fingerprint density at radius 1 is 1.41 bits per heavy atom. The van der Waals surface area contributed by atoms with Gasteiger partial charge in [-0.05, 0) is 25.0 Å². The molecule has 1 aromatic carbocycles. The monoisotopic (exact) mass is 395 g/mol. The SMILES string of the molecule is CCCCN(C(=O)Cn1cnc2cc(F)ccc2c1=O)C1CCS(=O)(=O)C1. The maximum absolute atomic E-state index is 13.3. The van der Waals surface area contributed by atoms with Crippen LogP contribution >= 0.6 is 0 Å². The zero-order valence-corrected chi connectivity index (χ0v) is 15.9. The molecule has 1 amide bonds. The highest BCUT2D eigenvalue weighted by atomic mass is 32.2. The molecule has 2 heterocycles. The summed E-state index contributed by atoms with van der Waals surface area (Å²) >= 11 is 0. The Balaban J connectivity index is 1.85. The quantitative estimate of drug-likeness (QED) is 0.737. The number of amides is 1. The Morgan fingerprint density at radius 3 is 2.85 bits per heavy atom. The first-order valence-electron chi connectivity index (χ1n) is 8.95. The van der Waals surface area contributed by atoms with Crippen LogP contribution in [-0.4, -0.2) is 52.9 Å². The fourth-order valence-electron chi connectivity index (χ4n) is 3.34. The van der Waals surface area contributed by atoms with Crippen LogP contribution in [0.25, 0.3) is 10.9 Å². The molecule has 146 valence electrons. The maximum atomic E-state index is 13.3. The molecule has 1 fully saturated rings. The van der Waals surface area contributed by atoms with E-state index in [1.165, 1.54) is 29.1 Å². The molecule has 1 aliphatic rings. The molecule has 2 aromatic rings. The molecule has 9 heteroatoms. The molecule has 1 aliphatic heterocycles. The topological polar surface area (TPSA) is 89.3 Å². The number of halogens is 1. The highest BCUT2D eigenvalue weighted by Crippen LogP contribution is 2.19. The average Bonchev–Trinajstić information content (AvgIpc) is 2.97. The summed E-state index contributed by atoms with van der Waals surface area (Å²) in [5, 5.41) is 0.232. The number of carbonyl (C=O) groups excluding carboxylic acids is 1. The van der Waals surface area contributed by atoms with Crippen molar-refractivity contribution >= 4 is 26.6 Å². The number of carbonyl (C=O) groups is 1. The van der Waals surface area contributed by atoms with Gasteiger partial charge in [0.1, 0.15) is 12.4 Å². The van der Waals surface area contributed by atoms with Crippen molar-refractivity contribution in [2.75, 3.05) is 18.1 Å². The highest BCUT2D eigenvalue weighted by Gasteiger charge is 2.34. The molecule has 1 saturated heterocycles. The van der Waals surface area contributed by atoms with Crippen molar-refractivity contribution < 1.29 is 17.6 Å². The van der Waals surface area contributed by atoms with Crippen molar-refractivity contribution in [3.8, 4) is 0 Å². The first-order valence-corrected chi connectivity index (χ1v) is 10.8. The predicted molar refractivity (Wildman–Crippen MR) is 99.6 cm³/mol. The summed E-state index contributed by atoms with van der Waals surface area (Å²) in [7, 11) is -3.12. The third kappa shape index (κ3) is 4.35. The van der Waals surface area contributed by atoms with E-state index in [1.807, 2.05) is 6.92 Å². The summed E-state index contributed by atoms with van der Waals surface area (Å²) < 4.78 is 38.1. The Morgan fingerprint density at radius 2 is 2.19 bits per heavy atom. The lowest BCUT2D eigenvalue weighted by atomic mass is 10.2. The van der Waals surface area contributed by atoms with Gasteiger partial charge in [-0.1, -0.05) is 13.3 Å². The molecule has 0 bridgehead atoms. The summed E-state index contributed by atoms with van der Waals surface area (Å²) in [6, 6.07) is 3.33. The van der Waals surface area contributed by atoms with Gasteiger partial charge < -0.3 is 4.90 Å². The predicted octanol–water partition coefficient (Wildman–Crippen LogP) is 1.35. The number of aromatic nitrogens is 2. The molecule has 0 saturated carbocycles. The van der Waals surface area contributed by atoms with E-state index < -0.39 is 21.2 Å². The van der Waals surface area contributed by atoms with Crippen LogP contribution in [0.2, 0.25) is 0 Å². The lowest BCUT2D eigenvalue weighted by molar-refractivity contribution is -0.133. The van der Waals surface area contributed by atoms with Gasteiger partial charge in [0.05, 0.1) is 28.7 Å². The van der Waals surface area contributed by atoms with Gasteiger partial charge in [0, 0.05) is 18.7 Å². The summed E-state index contributed by atoms with van der Waals surface area (Å²) in [5.41, 5.74) is -0.198. The number of fused-ring (bicyclic) bond motifs is 1. The van der Waals surface area contributed by atoms with E-state index in [9.17, 15) is 22.4 Å². The third-order valence-electron chi connectivity index (χ3n) is 4.81. The van der Waals surface area contributed by atoms with Crippen LogP contribution in [0, 0.1) is 5.82 Å². The van der Waals surface area contributed by atoms with Crippen molar-refractivity contribution in [2.45, 2.75) is 38.8 Å². The van der Waals surface area contributed by atoms with E-state index in [4.69, 9.17) is 0 Å². The van der Waals surface area contributed by atoms with Crippen LogP contribution in [-0.2, 0) is 21.2 Å². The van der Waals surface area contributed by atoms with Gasteiger partial charge >= 0.3 is 0 Å². The fourth-order valence-corrected chi connectivity index (χ4v) is 5.07. The van der Waals surface area contributed by atoms with Crippen molar-refractivity contribution in [1.82, 2.24) is 14.5 Å². The minimum atomic E-state index is -3.12. The molecule has 0 radical (unpaired) electrons. The average molecular weight is 395 g/mol. The molecule has 0 aliphatic carbocycles. The third-order valence-corrected chi connectivity index (χ3v) is 6.57. The van der Waals surface area contributed by atoms with E-state index in [0.29, 0.717) is 13.0 Å². The number of sulfone groups is 1. The van der Waals surface area contributed by atoms with Crippen molar-refractivity contribution in [2.24, 2.45) is 0 Å². The Hall–Kier alpha value is -2.29. The van der Waals surface area contributed by atoms with Crippen LogP contribution < -0.4 is 5.56 Å². The number of benzene rings is 1. The maximum Gasteiger partial charge on any atom is 0.261 e. The molecule has 0 N–H and O–H groups in total. The number of rotatable bonds is 6. The number of hydrogen-bond donors (Lipinski definition) is 0. The van der Waals surface area contributed by atoms with Crippen LogP contribution in [0.1, 0.15) is 26.2 Å². The molecular formula is C18H22FN3O4S. The standard InChI is InChI=1S/C18H22FN3O4S/c1-2-3-7-22(14-6-8-27(25,26)11-14)17(23)10-21-12-20-16-9-13(19)4-5-15(16)18(21)24/h4-5,9,12,14H,2-3,6-8,10-11H2,1H3. The Bertz CT molecular complexity index is 1020. The molecule has 7 nitrogen and oxygen atoms in total. The lowest BCUT2D eigenvalue weighted by Crippen LogP contribution is -2.44. The normalized spacial score (nSPS) is 18.7. The van der Waals surface area contributed by atoms with Crippen LogP contribution in [0.15, 0.2) is 29.3 Å². The largest absolute Gasteiger partial charge is 0.337 e. The zero-order valence-electron chi connectivity index (χ0n) is 15.1. The number of hydrogen-bond acceptors (Lipinski definition) is 5. The molecule has 3 rings (SSSR count). The van der Waals surface area contributed by atoms with E-state index in [1.54, 1.807) is 4.90 Å². The molecule has 1 atom stereocenters. The Kier molecular flexibility index (Phi) is 5.59. The summed E-state index contributed by atoms with van der Waals surface area (Å²) in [4.78, 5) is 31.0. The molecule has 1 unspecified atom stereocenters. The van der Waals surface area contributed by atoms with Gasteiger partial charge in [-0.15, -0.1) is 0 Å².